The van der Waals surface area contributed by atoms with E-state index >= 15 is 0 Å². The van der Waals surface area contributed by atoms with Gasteiger partial charge in [-0.25, -0.2) is 0 Å². The van der Waals surface area contributed by atoms with E-state index in [1.807, 2.05) is 0 Å². The molecular weight excluding hydrogens is 252 g/mol. The first-order chi connectivity index (χ1) is 10.3. The number of hydrogen-bond donors (Lipinski definition) is 0. The van der Waals surface area contributed by atoms with Crippen LogP contribution in [0.1, 0.15) is 124 Å². The van der Waals surface area contributed by atoms with Crippen LogP contribution in [0.25, 0.3) is 0 Å². The van der Waals surface area contributed by atoms with Gasteiger partial charge in [0.1, 0.15) is 0 Å². The molecule has 1 unspecified atom stereocenters. The van der Waals surface area contributed by atoms with Crippen molar-refractivity contribution in [1.29, 1.82) is 0 Å². The SMILES string of the molecule is CCCCCCC(CCCC)CC(CCCC)CCCC. The van der Waals surface area contributed by atoms with Gasteiger partial charge in [0.25, 0.3) is 0 Å². The quantitative estimate of drug-likeness (QED) is 0.252. The molecule has 0 heteroatoms. The van der Waals surface area contributed by atoms with Crippen molar-refractivity contribution in [2.24, 2.45) is 11.8 Å². The molecule has 128 valence electrons. The Labute approximate surface area is 136 Å². The number of unbranched alkanes of at least 4 members (excludes halogenated alkanes) is 6. The van der Waals surface area contributed by atoms with E-state index in [1.54, 1.807) is 0 Å². The summed E-state index contributed by atoms with van der Waals surface area (Å²) in [5.74, 6) is 2.05. The molecule has 0 spiro atoms. The van der Waals surface area contributed by atoms with Crippen LogP contribution in [0.3, 0.4) is 0 Å². The van der Waals surface area contributed by atoms with E-state index < -0.39 is 0 Å². The fourth-order valence-corrected chi connectivity index (χ4v) is 3.57. The molecule has 0 fully saturated rings. The second-order valence-electron chi connectivity index (χ2n) is 7.24. The van der Waals surface area contributed by atoms with Crippen molar-refractivity contribution >= 4 is 0 Å². The monoisotopic (exact) mass is 296 g/mol. The van der Waals surface area contributed by atoms with Gasteiger partial charge in [0, 0.05) is 0 Å². The molecular formula is C21H44. The van der Waals surface area contributed by atoms with Crippen molar-refractivity contribution in [2.75, 3.05) is 0 Å². The Morgan fingerprint density at radius 2 is 0.810 bits per heavy atom. The first-order valence-corrected chi connectivity index (χ1v) is 10.3. The fourth-order valence-electron chi connectivity index (χ4n) is 3.57. The Morgan fingerprint density at radius 3 is 1.19 bits per heavy atom. The topological polar surface area (TPSA) is 0 Å². The first-order valence-electron chi connectivity index (χ1n) is 10.3. The smallest absolute Gasteiger partial charge is 0.0412 e. The lowest BCUT2D eigenvalue weighted by Gasteiger charge is -2.24. The largest absolute Gasteiger partial charge is 0.0654 e. The number of rotatable bonds is 16. The molecule has 0 aromatic rings. The van der Waals surface area contributed by atoms with Gasteiger partial charge in [-0.15, -0.1) is 0 Å². The van der Waals surface area contributed by atoms with Crippen molar-refractivity contribution in [3.8, 4) is 0 Å². The van der Waals surface area contributed by atoms with Crippen LogP contribution >= 0.6 is 0 Å². The summed E-state index contributed by atoms with van der Waals surface area (Å²) in [7, 11) is 0. The lowest BCUT2D eigenvalue weighted by atomic mass is 9.82. The Kier molecular flexibility index (Phi) is 16.4. The third-order valence-electron chi connectivity index (χ3n) is 5.03. The summed E-state index contributed by atoms with van der Waals surface area (Å²) in [6.07, 6.45) is 21.8. The average molecular weight is 297 g/mol. The Morgan fingerprint density at radius 1 is 0.429 bits per heavy atom. The van der Waals surface area contributed by atoms with E-state index in [2.05, 4.69) is 27.7 Å². The van der Waals surface area contributed by atoms with Gasteiger partial charge in [-0.05, 0) is 18.3 Å². The molecule has 0 aliphatic rings. The molecule has 0 rings (SSSR count). The maximum Gasteiger partial charge on any atom is -0.0412 e. The molecule has 0 nitrogen and oxygen atoms in total. The van der Waals surface area contributed by atoms with E-state index in [4.69, 9.17) is 0 Å². The minimum Gasteiger partial charge on any atom is -0.0654 e. The molecule has 0 aromatic heterocycles. The molecule has 0 aliphatic heterocycles. The molecule has 0 bridgehead atoms. The van der Waals surface area contributed by atoms with Crippen LogP contribution in [0.5, 0.6) is 0 Å². The number of hydrogen-bond acceptors (Lipinski definition) is 0. The van der Waals surface area contributed by atoms with E-state index in [1.165, 1.54) is 96.3 Å². The van der Waals surface area contributed by atoms with Gasteiger partial charge in [-0.3, -0.25) is 0 Å². The van der Waals surface area contributed by atoms with E-state index in [9.17, 15) is 0 Å². The molecule has 0 amide bonds. The molecule has 0 saturated heterocycles. The van der Waals surface area contributed by atoms with Crippen LogP contribution in [0, 0.1) is 11.8 Å². The third kappa shape index (κ3) is 13.4. The summed E-state index contributed by atoms with van der Waals surface area (Å²) in [5, 5.41) is 0. The van der Waals surface area contributed by atoms with Crippen molar-refractivity contribution in [1.82, 2.24) is 0 Å². The van der Waals surface area contributed by atoms with Crippen molar-refractivity contribution < 1.29 is 0 Å². The van der Waals surface area contributed by atoms with E-state index in [0.717, 1.165) is 11.8 Å². The van der Waals surface area contributed by atoms with Crippen LogP contribution in [0.4, 0.5) is 0 Å². The highest BCUT2D eigenvalue weighted by Gasteiger charge is 2.15. The van der Waals surface area contributed by atoms with Gasteiger partial charge in [0.15, 0.2) is 0 Å². The third-order valence-corrected chi connectivity index (χ3v) is 5.03. The van der Waals surface area contributed by atoms with Gasteiger partial charge in [-0.1, -0.05) is 118 Å². The lowest BCUT2D eigenvalue weighted by molar-refractivity contribution is 0.287. The van der Waals surface area contributed by atoms with Crippen molar-refractivity contribution in [3.05, 3.63) is 0 Å². The summed E-state index contributed by atoms with van der Waals surface area (Å²) >= 11 is 0. The lowest BCUT2D eigenvalue weighted by Crippen LogP contribution is -2.10. The molecule has 21 heavy (non-hydrogen) atoms. The molecule has 0 aliphatic carbocycles. The van der Waals surface area contributed by atoms with Crippen LogP contribution < -0.4 is 0 Å². The maximum absolute atomic E-state index is 2.35. The Balaban J connectivity index is 4.18. The normalized spacial score (nSPS) is 13.0. The zero-order valence-corrected chi connectivity index (χ0v) is 15.8. The second-order valence-corrected chi connectivity index (χ2v) is 7.24. The predicted octanol–water partition coefficient (Wildman–Crippen LogP) is 8.15. The summed E-state index contributed by atoms with van der Waals surface area (Å²) in [6, 6.07) is 0. The summed E-state index contributed by atoms with van der Waals surface area (Å²) in [5.41, 5.74) is 0. The standard InChI is InChI=1S/C21H44/c1-5-9-13-14-18-21(17-12-8-4)19-20(15-10-6-2)16-11-7-3/h20-21H,5-19H2,1-4H3. The highest BCUT2D eigenvalue weighted by Crippen LogP contribution is 2.30. The molecule has 0 N–H and O–H groups in total. The minimum atomic E-state index is 1.03. The molecule has 0 aromatic carbocycles. The zero-order valence-electron chi connectivity index (χ0n) is 15.8. The summed E-state index contributed by atoms with van der Waals surface area (Å²) in [4.78, 5) is 0. The highest BCUT2D eigenvalue weighted by molar-refractivity contribution is 4.68. The first kappa shape index (κ1) is 21.0. The van der Waals surface area contributed by atoms with E-state index in [-0.39, 0.29) is 0 Å². The summed E-state index contributed by atoms with van der Waals surface area (Å²) in [6.45, 7) is 9.35. The van der Waals surface area contributed by atoms with Crippen molar-refractivity contribution in [2.45, 2.75) is 124 Å². The van der Waals surface area contributed by atoms with Crippen LogP contribution in [0.2, 0.25) is 0 Å². The van der Waals surface area contributed by atoms with Gasteiger partial charge in [-0.2, -0.15) is 0 Å². The van der Waals surface area contributed by atoms with Crippen LogP contribution in [-0.4, -0.2) is 0 Å². The predicted molar refractivity (Wildman–Crippen MR) is 98.9 cm³/mol. The van der Waals surface area contributed by atoms with E-state index in [0.29, 0.717) is 0 Å². The van der Waals surface area contributed by atoms with Gasteiger partial charge in [0.2, 0.25) is 0 Å². The van der Waals surface area contributed by atoms with Gasteiger partial charge >= 0.3 is 0 Å². The summed E-state index contributed by atoms with van der Waals surface area (Å²) < 4.78 is 0. The van der Waals surface area contributed by atoms with Gasteiger partial charge < -0.3 is 0 Å². The highest BCUT2D eigenvalue weighted by atomic mass is 14.2. The average Bonchev–Trinajstić information content (AvgIpc) is 2.51. The van der Waals surface area contributed by atoms with Gasteiger partial charge in [0.05, 0.1) is 0 Å². The molecule has 0 saturated carbocycles. The van der Waals surface area contributed by atoms with Crippen LogP contribution in [-0.2, 0) is 0 Å². The molecule has 0 radical (unpaired) electrons. The zero-order chi connectivity index (χ0) is 15.8. The Hall–Kier alpha value is 0. The minimum absolute atomic E-state index is 1.03. The molecule has 0 heterocycles. The molecule has 1 atom stereocenters. The fraction of sp³-hybridized carbons (Fsp3) is 1.00. The van der Waals surface area contributed by atoms with Crippen molar-refractivity contribution in [3.63, 3.8) is 0 Å². The Bertz CT molecular complexity index is 176. The maximum atomic E-state index is 2.35. The van der Waals surface area contributed by atoms with Crippen LogP contribution in [0.15, 0.2) is 0 Å². The second kappa shape index (κ2) is 16.4.